The van der Waals surface area contributed by atoms with Gasteiger partial charge < -0.3 is 10.1 Å². The predicted octanol–water partition coefficient (Wildman–Crippen LogP) is 3.53. The Bertz CT molecular complexity index is 775. The van der Waals surface area contributed by atoms with Crippen molar-refractivity contribution in [3.8, 4) is 0 Å². The second-order valence-corrected chi connectivity index (χ2v) is 6.23. The fraction of sp³-hybridized carbons (Fsp3) is 0.381. The van der Waals surface area contributed by atoms with Gasteiger partial charge in [0.2, 0.25) is 0 Å². The van der Waals surface area contributed by atoms with Gasteiger partial charge in [-0.2, -0.15) is 0 Å². The molecule has 0 atom stereocenters. The molecule has 5 nitrogen and oxygen atoms in total. The summed E-state index contributed by atoms with van der Waals surface area (Å²) in [4.78, 5) is 28.3. The molecule has 0 radical (unpaired) electrons. The second kappa shape index (κ2) is 9.13. The molecule has 0 saturated heterocycles. The molecule has 2 rings (SSSR count). The van der Waals surface area contributed by atoms with Crippen molar-refractivity contribution in [1.82, 2.24) is 4.98 Å². The Hall–Kier alpha value is -2.69. The van der Waals surface area contributed by atoms with Gasteiger partial charge in [-0.05, 0) is 48.6 Å². The van der Waals surface area contributed by atoms with Crippen LogP contribution >= 0.6 is 0 Å². The van der Waals surface area contributed by atoms with E-state index in [-0.39, 0.29) is 18.0 Å². The van der Waals surface area contributed by atoms with E-state index in [0.29, 0.717) is 12.1 Å². The minimum Gasteiger partial charge on any atom is -0.464 e. The van der Waals surface area contributed by atoms with Gasteiger partial charge in [0, 0.05) is 12.6 Å². The number of hydrogen-bond donors (Lipinski definition) is 1. The topological polar surface area (TPSA) is 68.3 Å². The standard InChI is InChI=1S/C21H26N2O3/c1-5-15-10-14(3)11-16(6-2)18(15)12-17(24)13-23-19-8-7-9-22-20(19)21(25)26-4/h7-11,23H,5-6,12-13H2,1-4H3. The SMILES string of the molecule is CCc1cc(C)cc(CC)c1CC(=O)CNc1cccnc1C(=O)OC. The molecular weight excluding hydrogens is 328 g/mol. The summed E-state index contributed by atoms with van der Waals surface area (Å²) in [5.41, 5.74) is 5.50. The minimum atomic E-state index is -0.527. The zero-order chi connectivity index (χ0) is 19.1. The number of anilines is 1. The number of benzene rings is 1. The Morgan fingerprint density at radius 1 is 1.15 bits per heavy atom. The highest BCUT2D eigenvalue weighted by atomic mass is 16.5. The van der Waals surface area contributed by atoms with Gasteiger partial charge in [0.1, 0.15) is 0 Å². The van der Waals surface area contributed by atoms with Crippen LogP contribution in [0.15, 0.2) is 30.5 Å². The molecule has 1 aromatic heterocycles. The summed E-state index contributed by atoms with van der Waals surface area (Å²) in [6.07, 6.45) is 3.71. The van der Waals surface area contributed by atoms with Crippen molar-refractivity contribution in [2.45, 2.75) is 40.0 Å². The fourth-order valence-electron chi connectivity index (χ4n) is 3.09. The first-order valence-corrected chi connectivity index (χ1v) is 8.90. The number of carbonyl (C=O) groups is 2. The largest absolute Gasteiger partial charge is 0.464 e. The van der Waals surface area contributed by atoms with Gasteiger partial charge in [-0.3, -0.25) is 4.79 Å². The Balaban J connectivity index is 2.13. The normalized spacial score (nSPS) is 10.5. The fourth-order valence-corrected chi connectivity index (χ4v) is 3.09. The monoisotopic (exact) mass is 354 g/mol. The lowest BCUT2D eigenvalue weighted by Crippen LogP contribution is -2.19. The summed E-state index contributed by atoms with van der Waals surface area (Å²) in [6, 6.07) is 7.74. The van der Waals surface area contributed by atoms with Gasteiger partial charge >= 0.3 is 5.97 Å². The maximum absolute atomic E-state index is 12.6. The van der Waals surface area contributed by atoms with Crippen LogP contribution in [0, 0.1) is 6.92 Å². The number of aryl methyl sites for hydroxylation is 3. The lowest BCUT2D eigenvalue weighted by atomic mass is 9.91. The molecule has 0 aliphatic rings. The molecule has 2 aromatic rings. The number of pyridine rings is 1. The Morgan fingerprint density at radius 3 is 2.38 bits per heavy atom. The van der Waals surface area contributed by atoms with E-state index in [4.69, 9.17) is 4.74 Å². The average Bonchev–Trinajstić information content (AvgIpc) is 2.66. The van der Waals surface area contributed by atoms with Gasteiger partial charge in [0.15, 0.2) is 11.5 Å². The number of ketones is 1. The van der Waals surface area contributed by atoms with Crippen LogP contribution in [0.4, 0.5) is 5.69 Å². The number of methoxy groups -OCH3 is 1. The number of nitrogens with zero attached hydrogens (tertiary/aromatic N) is 1. The quantitative estimate of drug-likeness (QED) is 0.735. The van der Waals surface area contributed by atoms with Gasteiger partial charge in [-0.1, -0.05) is 31.5 Å². The molecule has 0 aliphatic heterocycles. The van der Waals surface area contributed by atoms with E-state index in [1.807, 2.05) is 0 Å². The maximum Gasteiger partial charge on any atom is 0.358 e. The number of Topliss-reactive ketones (excluding diaryl/α,β-unsaturated/α-hetero) is 1. The Labute approximate surface area is 154 Å². The molecule has 1 aromatic carbocycles. The van der Waals surface area contributed by atoms with Crippen LogP contribution in [0.25, 0.3) is 0 Å². The molecule has 0 bridgehead atoms. The zero-order valence-corrected chi connectivity index (χ0v) is 15.9. The molecule has 0 fully saturated rings. The predicted molar refractivity (Wildman–Crippen MR) is 103 cm³/mol. The van der Waals surface area contributed by atoms with E-state index < -0.39 is 5.97 Å². The molecule has 26 heavy (non-hydrogen) atoms. The van der Waals surface area contributed by atoms with E-state index in [9.17, 15) is 9.59 Å². The first kappa shape index (κ1) is 19.6. The third kappa shape index (κ3) is 4.69. The molecule has 1 N–H and O–H groups in total. The number of rotatable bonds is 8. The second-order valence-electron chi connectivity index (χ2n) is 6.23. The summed E-state index contributed by atoms with van der Waals surface area (Å²) in [6.45, 7) is 6.44. The van der Waals surface area contributed by atoms with Crippen LogP contribution in [0.3, 0.4) is 0 Å². The Kier molecular flexibility index (Phi) is 6.89. The molecule has 0 unspecified atom stereocenters. The van der Waals surface area contributed by atoms with Crippen LogP contribution in [0.1, 0.15) is 46.6 Å². The van der Waals surface area contributed by atoms with E-state index in [1.54, 1.807) is 12.1 Å². The number of ether oxygens (including phenoxy) is 1. The molecular formula is C21H26N2O3. The summed E-state index contributed by atoms with van der Waals surface area (Å²) in [5, 5.41) is 3.02. The first-order chi connectivity index (χ1) is 12.5. The Morgan fingerprint density at radius 2 is 1.81 bits per heavy atom. The third-order valence-electron chi connectivity index (χ3n) is 4.38. The summed E-state index contributed by atoms with van der Waals surface area (Å²) < 4.78 is 4.72. The number of aromatic nitrogens is 1. The van der Waals surface area contributed by atoms with Crippen LogP contribution in [-0.4, -0.2) is 30.4 Å². The van der Waals surface area contributed by atoms with Crippen LogP contribution in [0.2, 0.25) is 0 Å². The molecule has 0 spiro atoms. The van der Waals surface area contributed by atoms with E-state index >= 15 is 0 Å². The summed E-state index contributed by atoms with van der Waals surface area (Å²) >= 11 is 0. The average molecular weight is 354 g/mol. The third-order valence-corrected chi connectivity index (χ3v) is 4.38. The van der Waals surface area contributed by atoms with Gasteiger partial charge in [-0.25, -0.2) is 9.78 Å². The van der Waals surface area contributed by atoms with Crippen molar-refractivity contribution >= 4 is 17.4 Å². The van der Waals surface area contributed by atoms with Crippen molar-refractivity contribution in [2.75, 3.05) is 19.0 Å². The van der Waals surface area contributed by atoms with Crippen molar-refractivity contribution < 1.29 is 14.3 Å². The van der Waals surface area contributed by atoms with E-state index in [2.05, 4.69) is 43.2 Å². The summed E-state index contributed by atoms with van der Waals surface area (Å²) in [7, 11) is 1.31. The zero-order valence-electron chi connectivity index (χ0n) is 15.9. The molecule has 0 aliphatic carbocycles. The van der Waals surface area contributed by atoms with Crippen LogP contribution in [0.5, 0.6) is 0 Å². The molecule has 0 saturated carbocycles. The minimum absolute atomic E-state index is 0.0675. The van der Waals surface area contributed by atoms with Crippen LogP contribution < -0.4 is 5.32 Å². The van der Waals surface area contributed by atoms with E-state index in [1.165, 1.54) is 30.0 Å². The van der Waals surface area contributed by atoms with Gasteiger partial charge in [-0.15, -0.1) is 0 Å². The van der Waals surface area contributed by atoms with Crippen molar-refractivity contribution in [2.24, 2.45) is 0 Å². The lowest BCUT2D eigenvalue weighted by molar-refractivity contribution is -0.116. The number of hydrogen-bond acceptors (Lipinski definition) is 5. The summed E-state index contributed by atoms with van der Waals surface area (Å²) in [5.74, 6) is -0.460. The molecule has 1 heterocycles. The lowest BCUT2D eigenvalue weighted by Gasteiger charge is -2.15. The van der Waals surface area contributed by atoms with Gasteiger partial charge in [0.05, 0.1) is 19.3 Å². The van der Waals surface area contributed by atoms with E-state index in [0.717, 1.165) is 18.4 Å². The number of nitrogens with one attached hydrogen (secondary N) is 1. The van der Waals surface area contributed by atoms with Gasteiger partial charge in [0.25, 0.3) is 0 Å². The highest BCUT2D eigenvalue weighted by Crippen LogP contribution is 2.20. The van der Waals surface area contributed by atoms with Crippen molar-refractivity contribution in [3.63, 3.8) is 0 Å². The first-order valence-electron chi connectivity index (χ1n) is 8.90. The molecule has 0 amide bonds. The number of esters is 1. The molecule has 5 heteroatoms. The van der Waals surface area contributed by atoms with Crippen molar-refractivity contribution in [1.29, 1.82) is 0 Å². The number of carbonyl (C=O) groups excluding carboxylic acids is 2. The smallest absolute Gasteiger partial charge is 0.358 e. The highest BCUT2D eigenvalue weighted by Gasteiger charge is 2.15. The molecule has 138 valence electrons. The highest BCUT2D eigenvalue weighted by molar-refractivity contribution is 5.94. The maximum atomic E-state index is 12.6. The van der Waals surface area contributed by atoms with Crippen molar-refractivity contribution in [3.05, 3.63) is 58.4 Å². The van der Waals surface area contributed by atoms with Crippen LogP contribution in [-0.2, 0) is 28.8 Å².